The largest absolute Gasteiger partial charge is 0.0772 e. The number of aryl methyl sites for hydroxylation is 1. The van der Waals surface area contributed by atoms with Crippen LogP contribution >= 0.6 is 0 Å². The molecule has 0 N–H and O–H groups in total. The van der Waals surface area contributed by atoms with E-state index in [1.807, 2.05) is 0 Å². The van der Waals surface area contributed by atoms with Crippen molar-refractivity contribution in [1.29, 1.82) is 0 Å². The summed E-state index contributed by atoms with van der Waals surface area (Å²) in [5, 5.41) is 0. The first-order valence-electron chi connectivity index (χ1n) is 16.7. The van der Waals surface area contributed by atoms with E-state index < -0.39 is 0 Å². The van der Waals surface area contributed by atoms with E-state index >= 15 is 0 Å². The van der Waals surface area contributed by atoms with Crippen LogP contribution in [0, 0.1) is 17.8 Å². The van der Waals surface area contributed by atoms with Gasteiger partial charge in [0.2, 0.25) is 0 Å². The predicted octanol–water partition coefficient (Wildman–Crippen LogP) is 13.3. The van der Waals surface area contributed by atoms with Gasteiger partial charge in [-0.2, -0.15) is 0 Å². The second-order valence-corrected chi connectivity index (χ2v) is 12.9. The molecule has 0 spiro atoms. The van der Waals surface area contributed by atoms with Crippen LogP contribution in [0.15, 0.2) is 94.2 Å². The molecule has 0 radical (unpaired) electrons. The Morgan fingerprint density at radius 1 is 0.537 bits per heavy atom. The van der Waals surface area contributed by atoms with Crippen molar-refractivity contribution in [1.82, 2.24) is 0 Å². The van der Waals surface area contributed by atoms with E-state index in [0.29, 0.717) is 11.8 Å². The van der Waals surface area contributed by atoms with Gasteiger partial charge in [-0.3, -0.25) is 0 Å². The van der Waals surface area contributed by atoms with E-state index in [9.17, 15) is 0 Å². The summed E-state index contributed by atoms with van der Waals surface area (Å²) < 4.78 is 0. The lowest BCUT2D eigenvalue weighted by Gasteiger charge is -2.06. The Kier molecular flexibility index (Phi) is 17.6. The van der Waals surface area contributed by atoms with Crippen LogP contribution in [0.2, 0.25) is 0 Å². The molecule has 0 heterocycles. The van der Waals surface area contributed by atoms with Crippen LogP contribution in [0.5, 0.6) is 0 Å². The van der Waals surface area contributed by atoms with Crippen molar-refractivity contribution in [3.8, 4) is 0 Å². The molecule has 3 aliphatic carbocycles. The standard InChI is InChI=1S/C11H16.3C10H16/c1-4-10-5-7-11(8-6-10)9(2)3;3*1-4-9-5-6-10(7-9)8(2)3/h5-9H,4H2,1-3H3;6-8H,4-5H2,1-3H3;5,7-8H,4,6H2,1-3H3;5-6,8H,4,7H2,1-3H3. The van der Waals surface area contributed by atoms with Gasteiger partial charge in [0.25, 0.3) is 0 Å². The molecule has 0 saturated heterocycles. The third-order valence-electron chi connectivity index (χ3n) is 8.43. The van der Waals surface area contributed by atoms with Crippen LogP contribution in [-0.2, 0) is 6.42 Å². The first-order valence-corrected chi connectivity index (χ1v) is 16.7. The molecule has 0 aliphatic heterocycles. The zero-order valence-corrected chi connectivity index (χ0v) is 29.0. The van der Waals surface area contributed by atoms with Crippen LogP contribution in [0.3, 0.4) is 0 Å². The van der Waals surface area contributed by atoms with E-state index in [2.05, 4.69) is 144 Å². The van der Waals surface area contributed by atoms with Gasteiger partial charge < -0.3 is 0 Å². The molecular formula is C41H64. The minimum Gasteiger partial charge on any atom is -0.0772 e. The molecule has 1 aromatic carbocycles. The Hall–Kier alpha value is -2.34. The Morgan fingerprint density at radius 3 is 1.46 bits per heavy atom. The van der Waals surface area contributed by atoms with Gasteiger partial charge >= 0.3 is 0 Å². The van der Waals surface area contributed by atoms with Gasteiger partial charge in [-0.1, -0.05) is 172 Å². The molecule has 0 saturated carbocycles. The van der Waals surface area contributed by atoms with Gasteiger partial charge in [-0.05, 0) is 85.3 Å². The predicted molar refractivity (Wildman–Crippen MR) is 188 cm³/mol. The maximum Gasteiger partial charge on any atom is -0.00998 e. The number of rotatable bonds is 8. The summed E-state index contributed by atoms with van der Waals surface area (Å²) in [6, 6.07) is 8.89. The summed E-state index contributed by atoms with van der Waals surface area (Å²) in [4.78, 5) is 0. The van der Waals surface area contributed by atoms with Crippen molar-refractivity contribution in [2.24, 2.45) is 17.8 Å². The van der Waals surface area contributed by atoms with Gasteiger partial charge in [-0.15, -0.1) is 0 Å². The van der Waals surface area contributed by atoms with Crippen molar-refractivity contribution in [2.75, 3.05) is 0 Å². The summed E-state index contributed by atoms with van der Waals surface area (Å²) in [7, 11) is 0. The lowest BCUT2D eigenvalue weighted by Crippen LogP contribution is -1.90. The molecule has 228 valence electrons. The Bertz CT molecular complexity index is 1070. The quantitative estimate of drug-likeness (QED) is 0.299. The second kappa shape index (κ2) is 19.7. The molecule has 0 atom stereocenters. The number of hydrogen-bond donors (Lipinski definition) is 0. The van der Waals surface area contributed by atoms with Crippen molar-refractivity contribution < 1.29 is 0 Å². The zero-order valence-electron chi connectivity index (χ0n) is 29.0. The van der Waals surface area contributed by atoms with Crippen molar-refractivity contribution in [2.45, 2.75) is 134 Å². The monoisotopic (exact) mass is 557 g/mol. The number of allylic oxidation sites excluding steroid dienone is 12. The molecule has 0 fully saturated rings. The van der Waals surface area contributed by atoms with Crippen molar-refractivity contribution in [3.63, 3.8) is 0 Å². The maximum atomic E-state index is 2.35. The topological polar surface area (TPSA) is 0 Å². The maximum absolute atomic E-state index is 2.35. The zero-order chi connectivity index (χ0) is 30.9. The van der Waals surface area contributed by atoms with Gasteiger partial charge in [0.1, 0.15) is 0 Å². The Morgan fingerprint density at radius 2 is 1.15 bits per heavy atom. The minimum atomic E-state index is 0.654. The smallest absolute Gasteiger partial charge is 0.00998 e. The van der Waals surface area contributed by atoms with Crippen LogP contribution in [0.1, 0.15) is 139 Å². The molecule has 4 rings (SSSR count). The molecule has 0 aromatic heterocycles. The molecule has 0 amide bonds. The molecule has 3 aliphatic rings. The molecule has 41 heavy (non-hydrogen) atoms. The van der Waals surface area contributed by atoms with Gasteiger partial charge in [0.15, 0.2) is 0 Å². The van der Waals surface area contributed by atoms with Crippen LogP contribution in [0.25, 0.3) is 0 Å². The fourth-order valence-corrected chi connectivity index (χ4v) is 4.89. The molecule has 1 aromatic rings. The molecule has 0 nitrogen and oxygen atoms in total. The fraction of sp³-hybridized carbons (Fsp3) is 0.561. The van der Waals surface area contributed by atoms with Crippen LogP contribution < -0.4 is 0 Å². The van der Waals surface area contributed by atoms with Gasteiger partial charge in [0.05, 0.1) is 0 Å². The summed E-state index contributed by atoms with van der Waals surface area (Å²) in [5.41, 5.74) is 12.3. The van der Waals surface area contributed by atoms with Gasteiger partial charge in [0, 0.05) is 0 Å². The average molecular weight is 557 g/mol. The normalized spacial score (nSPS) is 15.7. The van der Waals surface area contributed by atoms with Crippen LogP contribution in [0.4, 0.5) is 0 Å². The van der Waals surface area contributed by atoms with E-state index in [0.717, 1.165) is 18.3 Å². The number of hydrogen-bond acceptors (Lipinski definition) is 0. The summed E-state index contributed by atoms with van der Waals surface area (Å²) >= 11 is 0. The molecule has 0 bridgehead atoms. The van der Waals surface area contributed by atoms with Crippen molar-refractivity contribution in [3.05, 3.63) is 105 Å². The SMILES string of the molecule is CCC1=CC(C(C)C)=CC1.CCC1=CC=C(C(C)C)C1.CCC1=CCC(C(C)C)=C1.CCc1ccc(C(C)C)cc1. The summed E-state index contributed by atoms with van der Waals surface area (Å²) in [6.45, 7) is 26.8. The molecule has 0 heteroatoms. The highest BCUT2D eigenvalue weighted by Gasteiger charge is 2.09. The third-order valence-corrected chi connectivity index (χ3v) is 8.43. The third kappa shape index (κ3) is 13.9. The lowest BCUT2D eigenvalue weighted by molar-refractivity contribution is 0.741. The fourth-order valence-electron chi connectivity index (χ4n) is 4.89. The number of benzene rings is 1. The minimum absolute atomic E-state index is 0.654. The first kappa shape index (κ1) is 36.7. The average Bonchev–Trinajstić information content (AvgIpc) is 3.74. The van der Waals surface area contributed by atoms with E-state index in [4.69, 9.17) is 0 Å². The Labute approximate surface area is 256 Å². The molecular weight excluding hydrogens is 492 g/mol. The second-order valence-electron chi connectivity index (χ2n) is 12.9. The van der Waals surface area contributed by atoms with E-state index in [1.54, 1.807) is 22.3 Å². The van der Waals surface area contributed by atoms with Crippen molar-refractivity contribution >= 4 is 0 Å². The van der Waals surface area contributed by atoms with E-state index in [-0.39, 0.29) is 0 Å². The van der Waals surface area contributed by atoms with Gasteiger partial charge in [-0.25, -0.2) is 0 Å². The highest BCUT2D eigenvalue weighted by atomic mass is 14.2. The molecule has 0 unspecified atom stereocenters. The summed E-state index contributed by atoms with van der Waals surface area (Å²) in [5.74, 6) is 2.84. The lowest BCUT2D eigenvalue weighted by atomic mass is 10.00. The van der Waals surface area contributed by atoms with Crippen LogP contribution in [-0.4, -0.2) is 0 Å². The first-order chi connectivity index (χ1) is 19.4. The Balaban J connectivity index is 0.000000274. The van der Waals surface area contributed by atoms with E-state index in [1.165, 1.54) is 60.8 Å². The highest BCUT2D eigenvalue weighted by molar-refractivity contribution is 5.34. The highest BCUT2D eigenvalue weighted by Crippen LogP contribution is 2.27. The summed E-state index contributed by atoms with van der Waals surface area (Å²) in [6.07, 6.45) is 22.3.